The molecule has 1 amide bonds. The number of nitrogens with zero attached hydrogens (tertiary/aromatic N) is 2. The topological polar surface area (TPSA) is 92.2 Å². The van der Waals surface area contributed by atoms with Gasteiger partial charge in [-0.3, -0.25) is 4.79 Å². The molecule has 0 saturated heterocycles. The normalized spacial score (nSPS) is 13.1. The number of rotatable bonds is 7. The lowest BCUT2D eigenvalue weighted by Crippen LogP contribution is -2.49. The number of carboxylic acid groups (broad SMARTS) is 1. The van der Waals surface area contributed by atoms with Crippen LogP contribution in [0.25, 0.3) is 0 Å². The minimum Gasteiger partial charge on any atom is -0.479 e. The number of hydrogen-bond donors (Lipinski definition) is 2. The second kappa shape index (κ2) is 8.47. The highest BCUT2D eigenvalue weighted by atomic mass is 32.2. The summed E-state index contributed by atoms with van der Waals surface area (Å²) in [4.78, 5) is 33.0. The Balaban J connectivity index is 2.13. The molecule has 1 aromatic carbocycles. The molecule has 1 atom stereocenters. The average molecular weight is 391 g/mol. The monoisotopic (exact) mass is 391 g/mol. The van der Waals surface area contributed by atoms with E-state index in [2.05, 4.69) is 15.3 Å². The summed E-state index contributed by atoms with van der Waals surface area (Å²) in [6, 6.07) is 5.04. The van der Waals surface area contributed by atoms with E-state index in [4.69, 9.17) is 0 Å². The Morgan fingerprint density at radius 3 is 2.22 bits per heavy atom. The number of aryl methyl sites for hydroxylation is 2. The predicted octanol–water partition coefficient (Wildman–Crippen LogP) is 3.00. The van der Waals surface area contributed by atoms with Gasteiger partial charge in [-0.2, -0.15) is 0 Å². The van der Waals surface area contributed by atoms with Gasteiger partial charge in [0.25, 0.3) is 0 Å². The number of halogens is 1. The van der Waals surface area contributed by atoms with Crippen molar-refractivity contribution < 1.29 is 19.1 Å². The summed E-state index contributed by atoms with van der Waals surface area (Å²) in [5, 5.41) is 12.8. The van der Waals surface area contributed by atoms with Crippen LogP contribution in [-0.4, -0.2) is 33.2 Å². The first-order valence-corrected chi connectivity index (χ1v) is 9.58. The summed E-state index contributed by atoms with van der Waals surface area (Å²) >= 11 is 1.45. The number of thioether (sulfide) groups is 1. The van der Waals surface area contributed by atoms with E-state index in [1.165, 1.54) is 43.0 Å². The lowest BCUT2D eigenvalue weighted by atomic mass is 9.91. The van der Waals surface area contributed by atoms with Gasteiger partial charge in [-0.05, 0) is 56.7 Å². The third-order valence-corrected chi connectivity index (χ3v) is 4.97. The summed E-state index contributed by atoms with van der Waals surface area (Å²) in [5.74, 6) is -2.11. The smallest absolute Gasteiger partial charge is 0.333 e. The molecule has 0 bridgehead atoms. The third-order valence-electron chi connectivity index (χ3n) is 4.42. The van der Waals surface area contributed by atoms with Crippen LogP contribution in [0.15, 0.2) is 29.4 Å². The van der Waals surface area contributed by atoms with Gasteiger partial charge in [0.2, 0.25) is 5.91 Å². The molecule has 2 N–H and O–H groups in total. The maximum atomic E-state index is 13.1. The van der Waals surface area contributed by atoms with Crippen LogP contribution in [0.1, 0.15) is 35.9 Å². The van der Waals surface area contributed by atoms with Gasteiger partial charge in [-0.1, -0.05) is 23.9 Å². The zero-order chi connectivity index (χ0) is 20.2. The molecule has 0 spiro atoms. The molecular formula is C19H22FN3O3S. The number of aromatic nitrogens is 2. The highest BCUT2D eigenvalue weighted by Crippen LogP contribution is 2.22. The van der Waals surface area contributed by atoms with Gasteiger partial charge in [0.1, 0.15) is 5.82 Å². The van der Waals surface area contributed by atoms with E-state index in [0.717, 1.165) is 17.0 Å². The Kier molecular flexibility index (Phi) is 6.54. The van der Waals surface area contributed by atoms with Gasteiger partial charge in [0, 0.05) is 17.8 Å². The fourth-order valence-corrected chi connectivity index (χ4v) is 3.23. The molecular weight excluding hydrogens is 369 g/mol. The quantitative estimate of drug-likeness (QED) is 0.557. The largest absolute Gasteiger partial charge is 0.479 e. The Hall–Kier alpha value is -2.48. The van der Waals surface area contributed by atoms with Crippen LogP contribution in [0.2, 0.25) is 0 Å². The van der Waals surface area contributed by atoms with Gasteiger partial charge in [0.05, 0.1) is 0 Å². The molecule has 0 aliphatic carbocycles. The van der Waals surface area contributed by atoms with Crippen molar-refractivity contribution in [2.45, 2.75) is 44.3 Å². The number of benzene rings is 1. The number of carboxylic acids is 1. The van der Waals surface area contributed by atoms with Crippen molar-refractivity contribution >= 4 is 23.6 Å². The van der Waals surface area contributed by atoms with E-state index in [-0.39, 0.29) is 6.42 Å². The average Bonchev–Trinajstić information content (AvgIpc) is 2.60. The molecule has 1 unspecified atom stereocenters. The Bertz CT molecular complexity index is 835. The van der Waals surface area contributed by atoms with Gasteiger partial charge >= 0.3 is 5.97 Å². The van der Waals surface area contributed by atoms with Crippen LogP contribution in [-0.2, 0) is 21.5 Å². The number of aliphatic carboxylic acids is 1. The number of carbonyl (C=O) groups is 2. The van der Waals surface area contributed by atoms with Crippen molar-refractivity contribution in [1.29, 1.82) is 0 Å². The van der Waals surface area contributed by atoms with E-state index in [1.807, 2.05) is 20.1 Å². The number of hydrogen-bond acceptors (Lipinski definition) is 5. The number of amides is 1. The Morgan fingerprint density at radius 1 is 1.19 bits per heavy atom. The molecule has 144 valence electrons. The van der Waals surface area contributed by atoms with Crippen molar-refractivity contribution in [2.24, 2.45) is 0 Å². The summed E-state index contributed by atoms with van der Waals surface area (Å²) in [7, 11) is 0. The minimum absolute atomic E-state index is 0.0910. The summed E-state index contributed by atoms with van der Waals surface area (Å²) in [5.41, 5.74) is 1.14. The molecule has 1 heterocycles. The molecule has 0 radical (unpaired) electrons. The second-order valence-electron chi connectivity index (χ2n) is 6.34. The molecule has 2 aromatic rings. The molecule has 27 heavy (non-hydrogen) atoms. The van der Waals surface area contributed by atoms with Gasteiger partial charge in [-0.15, -0.1) is 0 Å². The molecule has 0 aliphatic heterocycles. The third kappa shape index (κ3) is 4.82. The molecule has 0 aliphatic rings. The van der Waals surface area contributed by atoms with Crippen molar-refractivity contribution in [1.82, 2.24) is 15.3 Å². The molecule has 6 nitrogen and oxygen atoms in total. The highest BCUT2D eigenvalue weighted by molar-refractivity contribution is 7.98. The Morgan fingerprint density at radius 2 is 1.74 bits per heavy atom. The zero-order valence-electron chi connectivity index (χ0n) is 15.7. The molecule has 1 aromatic heterocycles. The first-order valence-electron chi connectivity index (χ1n) is 8.36. The zero-order valence-corrected chi connectivity index (χ0v) is 16.5. The highest BCUT2D eigenvalue weighted by Gasteiger charge is 2.36. The van der Waals surface area contributed by atoms with Crippen LogP contribution in [0.4, 0.5) is 4.39 Å². The lowest BCUT2D eigenvalue weighted by molar-refractivity contribution is -0.147. The van der Waals surface area contributed by atoms with Crippen LogP contribution < -0.4 is 5.32 Å². The van der Waals surface area contributed by atoms with Crippen LogP contribution in [0.3, 0.4) is 0 Å². The van der Waals surface area contributed by atoms with E-state index >= 15 is 0 Å². The first-order chi connectivity index (χ1) is 12.7. The van der Waals surface area contributed by atoms with Gasteiger partial charge in [0.15, 0.2) is 10.7 Å². The first kappa shape index (κ1) is 20.8. The molecule has 0 fully saturated rings. The minimum atomic E-state index is -1.64. The van der Waals surface area contributed by atoms with Crippen molar-refractivity contribution in [2.75, 3.05) is 6.26 Å². The molecule has 2 rings (SSSR count). The lowest BCUT2D eigenvalue weighted by Gasteiger charge is -2.27. The van der Waals surface area contributed by atoms with Crippen LogP contribution >= 0.6 is 11.8 Å². The van der Waals surface area contributed by atoms with Crippen LogP contribution in [0, 0.1) is 19.7 Å². The fraction of sp³-hybridized carbons (Fsp3) is 0.368. The number of nitrogens with one attached hydrogen (secondary N) is 1. The van der Waals surface area contributed by atoms with E-state index in [0.29, 0.717) is 17.1 Å². The maximum absolute atomic E-state index is 13.1. The van der Waals surface area contributed by atoms with Crippen molar-refractivity contribution in [3.8, 4) is 0 Å². The summed E-state index contributed by atoms with van der Waals surface area (Å²) in [6.07, 6.45) is 2.38. The molecule has 8 heteroatoms. The standard InChI is InChI=1S/C19H22FN3O3S/c1-11-15(12(2)22-18(21-11)27-4)9-10-16(24)23-19(3,17(25)26)13-5-7-14(20)8-6-13/h5-8H,9-10H2,1-4H3,(H,23,24)(H,25,26). The summed E-state index contributed by atoms with van der Waals surface area (Å²) in [6.45, 7) is 5.11. The van der Waals surface area contributed by atoms with E-state index in [9.17, 15) is 19.1 Å². The second-order valence-corrected chi connectivity index (χ2v) is 7.12. The summed E-state index contributed by atoms with van der Waals surface area (Å²) < 4.78 is 13.1. The van der Waals surface area contributed by atoms with Gasteiger partial charge in [-0.25, -0.2) is 19.2 Å². The van der Waals surface area contributed by atoms with E-state index in [1.54, 1.807) is 0 Å². The number of carbonyl (C=O) groups excluding carboxylic acids is 1. The fourth-order valence-electron chi connectivity index (χ4n) is 2.77. The maximum Gasteiger partial charge on any atom is 0.333 e. The van der Waals surface area contributed by atoms with Crippen LogP contribution in [0.5, 0.6) is 0 Å². The molecule has 0 saturated carbocycles. The predicted molar refractivity (Wildman–Crippen MR) is 101 cm³/mol. The van der Waals surface area contributed by atoms with Crippen molar-refractivity contribution in [3.05, 3.63) is 52.6 Å². The Labute approximate surface area is 161 Å². The van der Waals surface area contributed by atoms with E-state index < -0.39 is 23.2 Å². The SMILES string of the molecule is CSc1nc(C)c(CCC(=O)NC(C)(C(=O)O)c2ccc(F)cc2)c(C)n1. The van der Waals surface area contributed by atoms with Crippen molar-refractivity contribution in [3.63, 3.8) is 0 Å². The van der Waals surface area contributed by atoms with Gasteiger partial charge < -0.3 is 10.4 Å².